The van der Waals surface area contributed by atoms with E-state index in [2.05, 4.69) is 21.4 Å². The van der Waals surface area contributed by atoms with Crippen LogP contribution in [0.3, 0.4) is 0 Å². The summed E-state index contributed by atoms with van der Waals surface area (Å²) in [6.45, 7) is 0. The quantitative estimate of drug-likeness (QED) is 0.621. The number of amides is 1. The molecule has 1 saturated carbocycles. The molecule has 1 aromatic heterocycles. The van der Waals surface area contributed by atoms with Crippen molar-refractivity contribution in [1.82, 2.24) is 9.97 Å². The highest BCUT2D eigenvalue weighted by Crippen LogP contribution is 2.44. The normalized spacial score (nSPS) is 19.4. The van der Waals surface area contributed by atoms with E-state index in [1.165, 1.54) is 18.4 Å². The first-order valence-electron chi connectivity index (χ1n) is 10.9. The van der Waals surface area contributed by atoms with Crippen LogP contribution in [0.2, 0.25) is 0 Å². The third kappa shape index (κ3) is 3.64. The molecule has 0 bridgehead atoms. The van der Waals surface area contributed by atoms with E-state index in [0.29, 0.717) is 23.2 Å². The topological polar surface area (TPSA) is 88.6 Å². The monoisotopic (exact) mass is 430 g/mol. The standard InChI is InChI=1S/C25H26N4O3/c1-31-21-13-18-17-5-3-4-6-20(17)28-23(19(18)14-22(21)32-2)15-7-9-16(10-8-15)24(30)29-25-26-11-12-27-25/h7-14,17,20H,3-6H2,1-2H3,(H2,26,27,29,30)/t17-,20-/m1/s1. The van der Waals surface area contributed by atoms with Gasteiger partial charge in [0.2, 0.25) is 5.95 Å². The Labute approximate surface area is 186 Å². The van der Waals surface area contributed by atoms with Gasteiger partial charge in [-0.3, -0.25) is 15.1 Å². The molecule has 0 spiro atoms. The molecule has 32 heavy (non-hydrogen) atoms. The highest BCUT2D eigenvalue weighted by molar-refractivity contribution is 6.15. The Morgan fingerprint density at radius 1 is 1.06 bits per heavy atom. The van der Waals surface area contributed by atoms with Gasteiger partial charge in [-0.15, -0.1) is 0 Å². The van der Waals surface area contributed by atoms with Crippen molar-refractivity contribution < 1.29 is 14.3 Å². The zero-order valence-electron chi connectivity index (χ0n) is 18.2. The first kappa shape index (κ1) is 20.3. The van der Waals surface area contributed by atoms with Gasteiger partial charge in [0.15, 0.2) is 11.5 Å². The number of methoxy groups -OCH3 is 2. The van der Waals surface area contributed by atoms with Gasteiger partial charge < -0.3 is 14.5 Å². The van der Waals surface area contributed by atoms with Gasteiger partial charge in [0.05, 0.1) is 26.0 Å². The minimum Gasteiger partial charge on any atom is -0.493 e. The number of fused-ring (bicyclic) bond motifs is 3. The van der Waals surface area contributed by atoms with Crippen molar-refractivity contribution in [2.45, 2.75) is 37.6 Å². The number of hydrogen-bond donors (Lipinski definition) is 2. The van der Waals surface area contributed by atoms with Crippen molar-refractivity contribution in [2.24, 2.45) is 4.99 Å². The molecule has 2 N–H and O–H groups in total. The maximum absolute atomic E-state index is 12.5. The number of carbonyl (C=O) groups is 1. The Morgan fingerprint density at radius 3 is 2.53 bits per heavy atom. The van der Waals surface area contributed by atoms with Crippen molar-refractivity contribution in [3.63, 3.8) is 0 Å². The van der Waals surface area contributed by atoms with E-state index >= 15 is 0 Å². The van der Waals surface area contributed by atoms with E-state index < -0.39 is 0 Å². The van der Waals surface area contributed by atoms with E-state index in [0.717, 1.165) is 35.4 Å². The van der Waals surface area contributed by atoms with Gasteiger partial charge in [-0.2, -0.15) is 0 Å². The van der Waals surface area contributed by atoms with Crippen LogP contribution in [-0.4, -0.2) is 41.8 Å². The molecule has 5 rings (SSSR count). The predicted octanol–water partition coefficient (Wildman–Crippen LogP) is 4.56. The molecule has 1 aliphatic heterocycles. The van der Waals surface area contributed by atoms with Gasteiger partial charge in [-0.1, -0.05) is 25.0 Å². The molecule has 2 atom stereocenters. The average Bonchev–Trinajstić information content (AvgIpc) is 3.35. The number of H-pyrrole nitrogens is 1. The van der Waals surface area contributed by atoms with Gasteiger partial charge in [0.1, 0.15) is 0 Å². The Hall–Kier alpha value is -3.61. The third-order valence-corrected chi connectivity index (χ3v) is 6.39. The van der Waals surface area contributed by atoms with Crippen LogP contribution in [0.25, 0.3) is 0 Å². The molecule has 0 saturated heterocycles. The molecule has 1 aliphatic carbocycles. The van der Waals surface area contributed by atoms with Crippen LogP contribution < -0.4 is 14.8 Å². The van der Waals surface area contributed by atoms with E-state index in [4.69, 9.17) is 14.5 Å². The number of rotatable bonds is 5. The number of nitrogens with zero attached hydrogens (tertiary/aromatic N) is 2. The lowest BCUT2D eigenvalue weighted by molar-refractivity contribution is 0.102. The maximum Gasteiger partial charge on any atom is 0.257 e. The summed E-state index contributed by atoms with van der Waals surface area (Å²) in [5.74, 6) is 2.07. The Morgan fingerprint density at radius 2 is 1.81 bits per heavy atom. The van der Waals surface area contributed by atoms with Crippen molar-refractivity contribution in [3.05, 3.63) is 71.0 Å². The number of imidazole rings is 1. The summed E-state index contributed by atoms with van der Waals surface area (Å²) < 4.78 is 11.2. The zero-order valence-corrected chi connectivity index (χ0v) is 18.2. The molecule has 2 aromatic carbocycles. The van der Waals surface area contributed by atoms with Crippen molar-refractivity contribution >= 4 is 17.6 Å². The van der Waals surface area contributed by atoms with Gasteiger partial charge >= 0.3 is 0 Å². The summed E-state index contributed by atoms with van der Waals surface area (Å²) in [7, 11) is 3.33. The summed E-state index contributed by atoms with van der Waals surface area (Å²) in [4.78, 5) is 24.6. The summed E-state index contributed by atoms with van der Waals surface area (Å²) in [6.07, 6.45) is 7.91. The molecule has 1 fully saturated rings. The highest BCUT2D eigenvalue weighted by atomic mass is 16.5. The van der Waals surface area contributed by atoms with Crippen LogP contribution >= 0.6 is 0 Å². The van der Waals surface area contributed by atoms with Crippen molar-refractivity contribution in [3.8, 4) is 11.5 Å². The second-order valence-corrected chi connectivity index (χ2v) is 8.20. The van der Waals surface area contributed by atoms with Gasteiger partial charge in [0.25, 0.3) is 5.91 Å². The number of nitrogens with one attached hydrogen (secondary N) is 2. The number of hydrogen-bond acceptors (Lipinski definition) is 5. The largest absolute Gasteiger partial charge is 0.493 e. The molecule has 7 heteroatoms. The predicted molar refractivity (Wildman–Crippen MR) is 123 cm³/mol. The number of aromatic nitrogens is 2. The number of anilines is 1. The first-order chi connectivity index (χ1) is 15.7. The zero-order chi connectivity index (χ0) is 22.1. The van der Waals surface area contributed by atoms with Crippen LogP contribution in [0, 0.1) is 0 Å². The van der Waals surface area contributed by atoms with E-state index in [-0.39, 0.29) is 11.9 Å². The molecule has 164 valence electrons. The lowest BCUT2D eigenvalue weighted by Crippen LogP contribution is -2.29. The molecule has 1 amide bonds. The van der Waals surface area contributed by atoms with Gasteiger partial charge in [-0.05, 0) is 42.7 Å². The fourth-order valence-corrected chi connectivity index (χ4v) is 4.79. The number of carbonyl (C=O) groups excluding carboxylic acids is 1. The lowest BCUT2D eigenvalue weighted by atomic mass is 9.75. The maximum atomic E-state index is 12.5. The van der Waals surface area contributed by atoms with Gasteiger partial charge in [-0.25, -0.2) is 4.98 Å². The molecule has 3 aromatic rings. The molecular formula is C25H26N4O3. The fourth-order valence-electron chi connectivity index (χ4n) is 4.79. The minimum absolute atomic E-state index is 0.212. The summed E-state index contributed by atoms with van der Waals surface area (Å²) in [5, 5.41) is 2.75. The highest BCUT2D eigenvalue weighted by Gasteiger charge is 2.34. The molecule has 7 nitrogen and oxygen atoms in total. The number of ether oxygens (including phenoxy) is 2. The Balaban J connectivity index is 1.51. The number of benzene rings is 2. The fraction of sp³-hybridized carbons (Fsp3) is 0.320. The van der Waals surface area contributed by atoms with Gasteiger partial charge in [0, 0.05) is 35.0 Å². The Kier molecular flexibility index (Phi) is 5.39. The van der Waals surface area contributed by atoms with E-state index in [1.807, 2.05) is 30.3 Å². The van der Waals surface area contributed by atoms with Crippen LogP contribution in [0.4, 0.5) is 5.95 Å². The third-order valence-electron chi connectivity index (χ3n) is 6.39. The number of aliphatic imine (C=N–C) groups is 1. The van der Waals surface area contributed by atoms with Crippen molar-refractivity contribution in [1.29, 1.82) is 0 Å². The second-order valence-electron chi connectivity index (χ2n) is 8.20. The first-order valence-corrected chi connectivity index (χ1v) is 10.9. The summed E-state index contributed by atoms with van der Waals surface area (Å²) in [6, 6.07) is 12.0. The smallest absolute Gasteiger partial charge is 0.257 e. The molecule has 0 unspecified atom stereocenters. The van der Waals surface area contributed by atoms with Crippen LogP contribution in [-0.2, 0) is 0 Å². The SMILES string of the molecule is COc1cc2c(cc1OC)[C@H]1CCCC[C@H]1N=C2c1ccc(C(=O)Nc2ncc[nH]2)cc1. The van der Waals surface area contributed by atoms with E-state index in [9.17, 15) is 4.79 Å². The van der Waals surface area contributed by atoms with Crippen LogP contribution in [0.15, 0.2) is 53.8 Å². The second kappa shape index (κ2) is 8.49. The molecule has 2 aliphatic rings. The molecular weight excluding hydrogens is 404 g/mol. The lowest BCUT2D eigenvalue weighted by Gasteiger charge is -2.35. The average molecular weight is 431 g/mol. The molecule has 2 heterocycles. The van der Waals surface area contributed by atoms with Crippen LogP contribution in [0.5, 0.6) is 11.5 Å². The minimum atomic E-state index is -0.212. The Bertz CT molecular complexity index is 1150. The number of aromatic amines is 1. The summed E-state index contributed by atoms with van der Waals surface area (Å²) in [5.41, 5.74) is 4.85. The van der Waals surface area contributed by atoms with Crippen molar-refractivity contribution in [2.75, 3.05) is 19.5 Å². The van der Waals surface area contributed by atoms with Crippen LogP contribution in [0.1, 0.15) is 58.6 Å². The molecule has 0 radical (unpaired) electrons. The summed E-state index contributed by atoms with van der Waals surface area (Å²) >= 11 is 0. The van der Waals surface area contributed by atoms with E-state index in [1.54, 1.807) is 26.6 Å².